The lowest BCUT2D eigenvalue weighted by Gasteiger charge is -2.19. The van der Waals surface area contributed by atoms with Crippen molar-refractivity contribution in [1.82, 2.24) is 9.71 Å². The normalized spacial score (nSPS) is 13.4. The fourth-order valence-corrected chi connectivity index (χ4v) is 4.94. The number of carbonyl (C=O) groups is 1. The van der Waals surface area contributed by atoms with Crippen LogP contribution >= 0.6 is 11.6 Å². The molecule has 0 saturated carbocycles. The highest BCUT2D eigenvalue weighted by atomic mass is 35.5. The predicted molar refractivity (Wildman–Crippen MR) is 129 cm³/mol. The van der Waals surface area contributed by atoms with Gasteiger partial charge in [-0.2, -0.15) is 0 Å². The molecule has 174 valence electrons. The summed E-state index contributed by atoms with van der Waals surface area (Å²) < 4.78 is 28.1. The molecule has 0 bridgehead atoms. The number of halogens is 1. The summed E-state index contributed by atoms with van der Waals surface area (Å²) in [6.45, 7) is 0.188. The number of pyridine rings is 1. The van der Waals surface area contributed by atoms with E-state index in [-0.39, 0.29) is 17.4 Å². The molecule has 1 heterocycles. The van der Waals surface area contributed by atoms with Crippen LogP contribution in [-0.2, 0) is 21.2 Å². The summed E-state index contributed by atoms with van der Waals surface area (Å²) in [6, 6.07) is 19.3. The molecule has 3 aromatic rings. The highest BCUT2D eigenvalue weighted by molar-refractivity contribution is 7.89. The van der Waals surface area contributed by atoms with Crippen molar-refractivity contribution in [2.45, 2.75) is 36.5 Å². The summed E-state index contributed by atoms with van der Waals surface area (Å²) in [5, 5.41) is 10.1. The average molecular weight is 487 g/mol. The van der Waals surface area contributed by atoms with Crippen molar-refractivity contribution in [3.63, 3.8) is 0 Å². The fraction of sp³-hybridized carbons (Fsp3) is 0.280. The first-order chi connectivity index (χ1) is 15.8. The number of sulfonamides is 1. The van der Waals surface area contributed by atoms with Crippen LogP contribution in [0, 0.1) is 5.92 Å². The van der Waals surface area contributed by atoms with E-state index in [1.807, 2.05) is 42.5 Å². The molecular weight excluding hydrogens is 460 g/mol. The highest BCUT2D eigenvalue weighted by Crippen LogP contribution is 2.25. The molecule has 0 fully saturated rings. The van der Waals surface area contributed by atoms with Gasteiger partial charge in [0.05, 0.1) is 10.8 Å². The number of carboxylic acids is 1. The number of benzene rings is 2. The maximum atomic E-state index is 12.7. The summed E-state index contributed by atoms with van der Waals surface area (Å²) in [4.78, 5) is 16.1. The zero-order chi connectivity index (χ0) is 23.7. The molecule has 0 saturated heterocycles. The minimum Gasteiger partial charge on any atom is -0.481 e. The molecule has 0 aliphatic heterocycles. The third kappa shape index (κ3) is 7.67. The number of hydrogen-bond donors (Lipinski definition) is 2. The molecule has 0 aliphatic carbocycles. The van der Waals surface area contributed by atoms with Gasteiger partial charge in [0.2, 0.25) is 10.0 Å². The van der Waals surface area contributed by atoms with Gasteiger partial charge in [-0.3, -0.25) is 9.78 Å². The fourth-order valence-electron chi connectivity index (χ4n) is 3.73. The lowest BCUT2D eigenvalue weighted by molar-refractivity contribution is -0.142. The zero-order valence-electron chi connectivity index (χ0n) is 18.1. The highest BCUT2D eigenvalue weighted by Gasteiger charge is 2.21. The minimum atomic E-state index is -3.70. The molecule has 0 amide bonds. The van der Waals surface area contributed by atoms with Crippen LogP contribution in [0.1, 0.15) is 36.3 Å². The summed E-state index contributed by atoms with van der Waals surface area (Å²) >= 11 is 5.86. The molecule has 2 N–H and O–H groups in total. The van der Waals surface area contributed by atoms with Crippen molar-refractivity contribution >= 4 is 27.6 Å². The molecule has 33 heavy (non-hydrogen) atoms. The predicted octanol–water partition coefficient (Wildman–Crippen LogP) is 4.91. The Balaban J connectivity index is 1.64. The van der Waals surface area contributed by atoms with E-state index in [0.29, 0.717) is 30.7 Å². The second-order valence-electron chi connectivity index (χ2n) is 7.94. The quantitative estimate of drug-likeness (QED) is 0.379. The van der Waals surface area contributed by atoms with Crippen LogP contribution in [0.5, 0.6) is 0 Å². The van der Waals surface area contributed by atoms with Crippen molar-refractivity contribution in [2.24, 2.45) is 5.92 Å². The molecule has 2 atom stereocenters. The maximum Gasteiger partial charge on any atom is 0.306 e. The zero-order valence-corrected chi connectivity index (χ0v) is 19.7. The van der Waals surface area contributed by atoms with E-state index in [4.69, 9.17) is 11.6 Å². The van der Waals surface area contributed by atoms with E-state index in [0.717, 1.165) is 11.1 Å². The smallest absolute Gasteiger partial charge is 0.306 e. The largest absolute Gasteiger partial charge is 0.481 e. The molecule has 8 heteroatoms. The Bertz CT molecular complexity index is 1120. The van der Waals surface area contributed by atoms with Crippen molar-refractivity contribution < 1.29 is 18.3 Å². The Labute approximate surface area is 199 Å². The van der Waals surface area contributed by atoms with Gasteiger partial charge in [-0.1, -0.05) is 54.4 Å². The molecule has 2 unspecified atom stereocenters. The summed E-state index contributed by atoms with van der Waals surface area (Å²) in [5.41, 5.74) is 1.90. The van der Waals surface area contributed by atoms with E-state index < -0.39 is 21.9 Å². The molecule has 0 spiro atoms. The monoisotopic (exact) mass is 486 g/mol. The maximum absolute atomic E-state index is 12.7. The van der Waals surface area contributed by atoms with Crippen molar-refractivity contribution in [3.05, 3.63) is 95.3 Å². The van der Waals surface area contributed by atoms with Gasteiger partial charge in [0.25, 0.3) is 0 Å². The van der Waals surface area contributed by atoms with Gasteiger partial charge in [-0.25, -0.2) is 13.1 Å². The summed E-state index contributed by atoms with van der Waals surface area (Å²) in [6.07, 6.45) is 5.64. The molecule has 1 aromatic heterocycles. The Morgan fingerprint density at radius 2 is 1.73 bits per heavy atom. The van der Waals surface area contributed by atoms with Crippen molar-refractivity contribution in [2.75, 3.05) is 6.54 Å². The third-order valence-electron chi connectivity index (χ3n) is 5.58. The van der Waals surface area contributed by atoms with Crippen molar-refractivity contribution in [3.8, 4) is 0 Å². The van der Waals surface area contributed by atoms with Crippen molar-refractivity contribution in [1.29, 1.82) is 0 Å². The topological polar surface area (TPSA) is 96.4 Å². The Hall–Kier alpha value is -2.74. The molecule has 3 rings (SSSR count). The van der Waals surface area contributed by atoms with E-state index in [1.54, 1.807) is 12.4 Å². The lowest BCUT2D eigenvalue weighted by Crippen LogP contribution is -2.29. The number of aliphatic carboxylic acids is 1. The summed E-state index contributed by atoms with van der Waals surface area (Å²) in [5.74, 6) is -1.44. The van der Waals surface area contributed by atoms with Gasteiger partial charge < -0.3 is 5.11 Å². The number of nitrogens with one attached hydrogen (secondary N) is 1. The molecule has 6 nitrogen and oxygen atoms in total. The van der Waals surface area contributed by atoms with Gasteiger partial charge in [-0.15, -0.1) is 0 Å². The average Bonchev–Trinajstić information content (AvgIpc) is 2.82. The first-order valence-electron chi connectivity index (χ1n) is 10.8. The first kappa shape index (κ1) is 24.9. The molecule has 2 aromatic carbocycles. The van der Waals surface area contributed by atoms with Crippen LogP contribution < -0.4 is 4.72 Å². The van der Waals surface area contributed by atoms with Gasteiger partial charge in [0.15, 0.2) is 0 Å². The van der Waals surface area contributed by atoms with Gasteiger partial charge in [-0.05, 0) is 66.6 Å². The molecule has 0 radical (unpaired) electrons. The Kier molecular flexibility index (Phi) is 9.00. The number of nitrogens with zero attached hydrogens (tertiary/aromatic N) is 1. The minimum absolute atomic E-state index is 0.132. The third-order valence-corrected chi connectivity index (χ3v) is 7.27. The summed E-state index contributed by atoms with van der Waals surface area (Å²) in [7, 11) is -3.70. The number of hydrogen-bond acceptors (Lipinski definition) is 4. The van der Waals surface area contributed by atoms with Crippen LogP contribution in [0.4, 0.5) is 0 Å². The van der Waals surface area contributed by atoms with E-state index in [9.17, 15) is 18.3 Å². The van der Waals surface area contributed by atoms with E-state index in [1.165, 1.54) is 24.3 Å². The second kappa shape index (κ2) is 11.9. The molecule has 0 aliphatic rings. The van der Waals surface area contributed by atoms with Crippen LogP contribution in [0.25, 0.3) is 0 Å². The van der Waals surface area contributed by atoms with Crippen LogP contribution in [0.2, 0.25) is 5.02 Å². The van der Waals surface area contributed by atoms with Crippen LogP contribution in [0.3, 0.4) is 0 Å². The number of carboxylic acid groups (broad SMARTS) is 1. The molecular formula is C25H27ClN2O4S. The van der Waals surface area contributed by atoms with Gasteiger partial charge in [0, 0.05) is 24.0 Å². The van der Waals surface area contributed by atoms with Gasteiger partial charge in [0.1, 0.15) is 0 Å². The Morgan fingerprint density at radius 1 is 1.00 bits per heavy atom. The SMILES string of the molecule is O=C(O)C(CCCC(CNS(=O)(=O)c1ccc(Cl)cc1)c1cccnc1)Cc1ccccc1. The van der Waals surface area contributed by atoms with E-state index >= 15 is 0 Å². The number of rotatable bonds is 12. The Morgan fingerprint density at radius 3 is 2.36 bits per heavy atom. The lowest BCUT2D eigenvalue weighted by atomic mass is 9.89. The second-order valence-corrected chi connectivity index (χ2v) is 10.1. The van der Waals surface area contributed by atoms with Crippen LogP contribution in [0.15, 0.2) is 84.0 Å². The first-order valence-corrected chi connectivity index (χ1v) is 12.6. The standard InChI is InChI=1S/C25H27ClN2O4S/c26-23-11-13-24(14-12-23)33(31,32)28-18-22(21-10-5-15-27-17-21)9-4-8-20(25(29)30)16-19-6-2-1-3-7-19/h1-3,5-7,10-15,17,20,22,28H,4,8-9,16,18H2,(H,29,30). The van der Waals surface area contributed by atoms with E-state index in [2.05, 4.69) is 9.71 Å². The van der Waals surface area contributed by atoms with Gasteiger partial charge >= 0.3 is 5.97 Å². The van der Waals surface area contributed by atoms with Crippen LogP contribution in [-0.4, -0.2) is 31.0 Å². The number of aromatic nitrogens is 1.